The van der Waals surface area contributed by atoms with E-state index in [1.807, 2.05) is 0 Å². The predicted molar refractivity (Wildman–Crippen MR) is 62.7 cm³/mol. The van der Waals surface area contributed by atoms with Crippen LogP contribution in [0.1, 0.15) is 30.3 Å². The van der Waals surface area contributed by atoms with Gasteiger partial charge in [0.25, 0.3) is 0 Å². The second-order valence-electron chi connectivity index (χ2n) is 4.88. The fourth-order valence-corrected chi connectivity index (χ4v) is 2.93. The molecule has 0 saturated carbocycles. The van der Waals surface area contributed by atoms with Crippen LogP contribution in [0.15, 0.2) is 35.0 Å². The summed E-state index contributed by atoms with van der Waals surface area (Å²) < 4.78 is 11.2. The molecule has 3 heteroatoms. The van der Waals surface area contributed by atoms with Crippen molar-refractivity contribution in [1.82, 2.24) is 0 Å². The van der Waals surface area contributed by atoms with Crippen molar-refractivity contribution in [1.29, 1.82) is 0 Å². The Morgan fingerprint density at radius 2 is 2.06 bits per heavy atom. The molecule has 1 aromatic rings. The highest BCUT2D eigenvalue weighted by molar-refractivity contribution is 5.96. The lowest BCUT2D eigenvalue weighted by molar-refractivity contribution is 0.0362. The van der Waals surface area contributed by atoms with Crippen molar-refractivity contribution in [2.45, 2.75) is 32.0 Å². The highest BCUT2D eigenvalue weighted by Gasteiger charge is 2.46. The van der Waals surface area contributed by atoms with Crippen LogP contribution in [0.3, 0.4) is 0 Å². The lowest BCUT2D eigenvalue weighted by Gasteiger charge is -2.18. The third kappa shape index (κ3) is 1.75. The normalized spacial score (nSPS) is 35.8. The molecule has 0 aliphatic carbocycles. The summed E-state index contributed by atoms with van der Waals surface area (Å²) >= 11 is 0. The number of hydrogen-bond donors (Lipinski definition) is 0. The molecule has 0 spiro atoms. The quantitative estimate of drug-likeness (QED) is 0.581. The van der Waals surface area contributed by atoms with Crippen molar-refractivity contribution in [3.05, 3.63) is 36.3 Å². The third-order valence-electron chi connectivity index (χ3n) is 3.87. The van der Waals surface area contributed by atoms with Gasteiger partial charge in [-0.3, -0.25) is 4.79 Å². The summed E-state index contributed by atoms with van der Waals surface area (Å²) in [5, 5.41) is 0. The smallest absolute Gasteiger partial charge is 0.204 e. The maximum atomic E-state index is 12.4. The second-order valence-corrected chi connectivity index (χ2v) is 4.88. The van der Waals surface area contributed by atoms with Gasteiger partial charge in [0.15, 0.2) is 5.76 Å². The monoisotopic (exact) mass is 232 g/mol. The van der Waals surface area contributed by atoms with Crippen LogP contribution >= 0.6 is 0 Å². The summed E-state index contributed by atoms with van der Waals surface area (Å²) in [7, 11) is 0. The number of carbonyl (C=O) groups is 1. The molecule has 0 aromatic carbocycles. The van der Waals surface area contributed by atoms with E-state index in [2.05, 4.69) is 19.1 Å². The molecule has 0 unspecified atom stereocenters. The maximum absolute atomic E-state index is 12.4. The molecule has 2 aliphatic rings. The Bertz CT molecular complexity index is 432. The fraction of sp³-hybridized carbons (Fsp3) is 0.500. The highest BCUT2D eigenvalue weighted by atomic mass is 16.5. The molecule has 17 heavy (non-hydrogen) atoms. The first-order valence-electron chi connectivity index (χ1n) is 6.15. The summed E-state index contributed by atoms with van der Waals surface area (Å²) in [5.41, 5.74) is 0. The third-order valence-corrected chi connectivity index (χ3v) is 3.87. The van der Waals surface area contributed by atoms with Crippen molar-refractivity contribution in [2.24, 2.45) is 11.8 Å². The average Bonchev–Trinajstić information content (AvgIpc) is 2.86. The topological polar surface area (TPSA) is 39.4 Å². The van der Waals surface area contributed by atoms with E-state index in [0.717, 1.165) is 12.8 Å². The van der Waals surface area contributed by atoms with Gasteiger partial charge in [0.05, 0.1) is 24.4 Å². The molecule has 2 aliphatic heterocycles. The van der Waals surface area contributed by atoms with Gasteiger partial charge in [-0.1, -0.05) is 19.1 Å². The number of ketones is 1. The first-order valence-corrected chi connectivity index (χ1v) is 6.15. The largest absolute Gasteiger partial charge is 0.461 e. The van der Waals surface area contributed by atoms with Gasteiger partial charge in [-0.25, -0.2) is 0 Å². The fourth-order valence-electron chi connectivity index (χ4n) is 2.93. The maximum Gasteiger partial charge on any atom is 0.204 e. The van der Waals surface area contributed by atoms with E-state index < -0.39 is 0 Å². The Balaban J connectivity index is 1.88. The molecule has 3 heterocycles. The number of hydrogen-bond acceptors (Lipinski definition) is 3. The molecule has 1 saturated heterocycles. The Kier molecular flexibility index (Phi) is 2.63. The van der Waals surface area contributed by atoms with Crippen LogP contribution < -0.4 is 0 Å². The molecule has 1 aromatic heterocycles. The standard InChI is InChI=1S/C14H16O3/c1-9-10-5-2-3-6-11(17-10)13(9)14(15)12-7-4-8-16-12/h2-4,7-11,13H,5-6H2,1H3/t9-,10-,11+,13-/m0/s1. The van der Waals surface area contributed by atoms with Gasteiger partial charge in [-0.2, -0.15) is 0 Å². The molecule has 90 valence electrons. The van der Waals surface area contributed by atoms with Crippen LogP contribution in [-0.2, 0) is 4.74 Å². The van der Waals surface area contributed by atoms with Crippen LogP contribution in [-0.4, -0.2) is 18.0 Å². The Morgan fingerprint density at radius 3 is 2.76 bits per heavy atom. The lowest BCUT2D eigenvalue weighted by Crippen LogP contribution is -2.28. The van der Waals surface area contributed by atoms with Gasteiger partial charge in [0.1, 0.15) is 0 Å². The summed E-state index contributed by atoms with van der Waals surface area (Å²) in [5.74, 6) is 0.754. The summed E-state index contributed by atoms with van der Waals surface area (Å²) in [6.45, 7) is 2.11. The second kappa shape index (κ2) is 4.15. The zero-order chi connectivity index (χ0) is 11.8. The van der Waals surface area contributed by atoms with E-state index in [-0.39, 0.29) is 29.8 Å². The summed E-state index contributed by atoms with van der Waals surface area (Å²) in [6, 6.07) is 3.49. The molecule has 1 fully saturated rings. The highest BCUT2D eigenvalue weighted by Crippen LogP contribution is 2.39. The predicted octanol–water partition coefficient (Wildman–Crippen LogP) is 2.83. The number of furan rings is 1. The molecular weight excluding hydrogens is 216 g/mol. The molecule has 0 radical (unpaired) electrons. The number of rotatable bonds is 2. The molecule has 0 N–H and O–H groups in total. The van der Waals surface area contributed by atoms with Crippen molar-refractivity contribution in [3.8, 4) is 0 Å². The van der Waals surface area contributed by atoms with Gasteiger partial charge in [0, 0.05) is 0 Å². The van der Waals surface area contributed by atoms with E-state index in [4.69, 9.17) is 9.15 Å². The van der Waals surface area contributed by atoms with Crippen LogP contribution in [0.25, 0.3) is 0 Å². The van der Waals surface area contributed by atoms with Crippen LogP contribution in [0.5, 0.6) is 0 Å². The van der Waals surface area contributed by atoms with Crippen molar-refractivity contribution in [3.63, 3.8) is 0 Å². The van der Waals surface area contributed by atoms with E-state index >= 15 is 0 Å². The summed E-state index contributed by atoms with van der Waals surface area (Å²) in [6.07, 6.45) is 7.78. The minimum atomic E-state index is -0.0592. The minimum Gasteiger partial charge on any atom is -0.461 e. The lowest BCUT2D eigenvalue weighted by atomic mass is 9.81. The van der Waals surface area contributed by atoms with Gasteiger partial charge in [-0.05, 0) is 30.9 Å². The van der Waals surface area contributed by atoms with E-state index in [0.29, 0.717) is 5.76 Å². The Morgan fingerprint density at radius 1 is 1.29 bits per heavy atom. The SMILES string of the molecule is C[C@@H]1[C@H](C(=O)c2ccco2)[C@H]2CC=CC[C@@H]1O2. The molecule has 4 atom stereocenters. The number of fused-ring (bicyclic) bond motifs is 2. The zero-order valence-electron chi connectivity index (χ0n) is 9.84. The van der Waals surface area contributed by atoms with E-state index in [1.165, 1.54) is 0 Å². The van der Waals surface area contributed by atoms with Crippen molar-refractivity contribution >= 4 is 5.78 Å². The molecule has 3 rings (SSSR count). The zero-order valence-corrected chi connectivity index (χ0v) is 9.84. The van der Waals surface area contributed by atoms with Gasteiger partial charge < -0.3 is 9.15 Å². The number of Topliss-reactive ketones (excluding diaryl/α,β-unsaturated/α-hetero) is 1. The van der Waals surface area contributed by atoms with Gasteiger partial charge in [-0.15, -0.1) is 0 Å². The Labute approximate surface area is 100 Å². The minimum absolute atomic E-state index is 0.0198. The molecular formula is C14H16O3. The van der Waals surface area contributed by atoms with Gasteiger partial charge >= 0.3 is 0 Å². The summed E-state index contributed by atoms with van der Waals surface area (Å²) in [4.78, 5) is 12.4. The number of carbonyl (C=O) groups excluding carboxylic acids is 1. The Hall–Kier alpha value is -1.35. The average molecular weight is 232 g/mol. The van der Waals surface area contributed by atoms with Crippen LogP contribution in [0.2, 0.25) is 0 Å². The first-order chi connectivity index (χ1) is 8.27. The molecule has 2 bridgehead atoms. The first kappa shape index (κ1) is 10.8. The van der Waals surface area contributed by atoms with Crippen LogP contribution in [0.4, 0.5) is 0 Å². The van der Waals surface area contributed by atoms with Crippen LogP contribution in [0, 0.1) is 11.8 Å². The molecule has 0 amide bonds. The van der Waals surface area contributed by atoms with Crippen molar-refractivity contribution in [2.75, 3.05) is 0 Å². The molecule has 3 nitrogen and oxygen atoms in total. The van der Waals surface area contributed by atoms with E-state index in [9.17, 15) is 4.79 Å². The number of ether oxygens (including phenoxy) is 1. The van der Waals surface area contributed by atoms with E-state index in [1.54, 1.807) is 18.4 Å². The van der Waals surface area contributed by atoms with Crippen molar-refractivity contribution < 1.29 is 13.9 Å². The van der Waals surface area contributed by atoms with Gasteiger partial charge in [0.2, 0.25) is 5.78 Å².